The average Bonchev–Trinajstić information content (AvgIpc) is 2.51. The van der Waals surface area contributed by atoms with Crippen molar-refractivity contribution in [3.8, 4) is 5.75 Å². The van der Waals surface area contributed by atoms with Crippen molar-refractivity contribution >= 4 is 23.0 Å². The summed E-state index contributed by atoms with van der Waals surface area (Å²) in [5.74, 6) is -0.239. The van der Waals surface area contributed by atoms with Crippen LogP contribution in [0.3, 0.4) is 0 Å². The molecule has 0 aliphatic heterocycles. The minimum atomic E-state index is -2.60. The second-order valence-corrected chi connectivity index (χ2v) is 5.53. The first-order valence-electron chi connectivity index (χ1n) is 7.38. The Bertz CT molecular complexity index is 579. The molecule has 0 heterocycles. The van der Waals surface area contributed by atoms with Crippen LogP contribution >= 0.6 is 0 Å². The molecule has 1 rings (SSSR count). The van der Waals surface area contributed by atoms with Crippen molar-refractivity contribution in [1.82, 2.24) is 4.90 Å². The van der Waals surface area contributed by atoms with Gasteiger partial charge in [-0.3, -0.25) is 4.79 Å². The quantitative estimate of drug-likeness (QED) is 0.531. The number of nitrogens with zero attached hydrogens (tertiary/aromatic N) is 2. The van der Waals surface area contributed by atoms with Crippen molar-refractivity contribution in [1.29, 1.82) is 0 Å². The van der Waals surface area contributed by atoms with Crippen LogP contribution in [0.25, 0.3) is 0 Å². The monoisotopic (exact) mass is 342 g/mol. The van der Waals surface area contributed by atoms with E-state index in [-0.39, 0.29) is 11.4 Å². The molecule has 24 heavy (non-hydrogen) atoms. The summed E-state index contributed by atoms with van der Waals surface area (Å²) in [6, 6.07) is 3.04. The Morgan fingerprint density at radius 1 is 1.38 bits per heavy atom. The molecule has 0 aliphatic rings. The third-order valence-corrected chi connectivity index (χ3v) is 3.23. The predicted octanol–water partition coefficient (Wildman–Crippen LogP) is 2.04. The molecule has 0 spiro atoms. The van der Waals surface area contributed by atoms with Crippen molar-refractivity contribution in [2.75, 3.05) is 56.8 Å². The Kier molecular flexibility index (Phi) is 7.44. The van der Waals surface area contributed by atoms with Crippen molar-refractivity contribution in [2.45, 2.75) is 6.43 Å². The predicted molar refractivity (Wildman–Crippen MR) is 93.0 cm³/mol. The van der Waals surface area contributed by atoms with E-state index in [4.69, 9.17) is 10.5 Å². The first-order valence-corrected chi connectivity index (χ1v) is 7.38. The summed E-state index contributed by atoms with van der Waals surface area (Å²) in [5.41, 5.74) is 7.09. The van der Waals surface area contributed by atoms with Gasteiger partial charge in [0, 0.05) is 26.2 Å². The maximum atomic E-state index is 12.4. The van der Waals surface area contributed by atoms with Gasteiger partial charge in [0.15, 0.2) is 0 Å². The molecule has 0 unspecified atom stereocenters. The molecular formula is C16H24F2N4O2. The normalized spacial score (nSPS) is 10.8. The summed E-state index contributed by atoms with van der Waals surface area (Å²) < 4.78 is 29.8. The number of carbonyl (C=O) groups excluding carboxylic acids is 1. The van der Waals surface area contributed by atoms with Gasteiger partial charge in [0.05, 0.1) is 17.1 Å². The Morgan fingerprint density at radius 2 is 2.04 bits per heavy atom. The summed E-state index contributed by atoms with van der Waals surface area (Å²) in [6.07, 6.45) is -1.46. The minimum Gasteiger partial charge on any atom is -0.485 e. The fourth-order valence-electron chi connectivity index (χ4n) is 1.93. The van der Waals surface area contributed by atoms with Crippen LogP contribution in [0, 0.1) is 0 Å². The number of amides is 1. The molecule has 0 aliphatic carbocycles. The number of benzene rings is 1. The SMILES string of the molecule is C=CC(=O)Nc1cc(N)c(OCC(F)F)cc1N(C)CCN(C)C. The Hall–Kier alpha value is -2.35. The maximum Gasteiger partial charge on any atom is 0.272 e. The summed E-state index contributed by atoms with van der Waals surface area (Å²) >= 11 is 0. The number of anilines is 3. The van der Waals surface area contributed by atoms with Gasteiger partial charge < -0.3 is 25.6 Å². The number of hydrogen-bond acceptors (Lipinski definition) is 5. The van der Waals surface area contributed by atoms with Gasteiger partial charge in [0.25, 0.3) is 6.43 Å². The molecule has 8 heteroatoms. The van der Waals surface area contributed by atoms with E-state index in [1.807, 2.05) is 30.9 Å². The number of nitrogens with one attached hydrogen (secondary N) is 1. The van der Waals surface area contributed by atoms with E-state index < -0.39 is 18.9 Å². The molecular weight excluding hydrogens is 318 g/mol. The summed E-state index contributed by atoms with van der Waals surface area (Å²) in [5, 5.41) is 2.67. The van der Waals surface area contributed by atoms with Gasteiger partial charge in [-0.05, 0) is 26.2 Å². The topological polar surface area (TPSA) is 70.8 Å². The summed E-state index contributed by atoms with van der Waals surface area (Å²) in [7, 11) is 5.71. The van der Waals surface area contributed by atoms with Crippen LogP contribution in [0.15, 0.2) is 24.8 Å². The lowest BCUT2D eigenvalue weighted by molar-refractivity contribution is -0.111. The largest absolute Gasteiger partial charge is 0.485 e. The molecule has 1 aromatic carbocycles. The third-order valence-electron chi connectivity index (χ3n) is 3.23. The molecule has 6 nitrogen and oxygen atoms in total. The van der Waals surface area contributed by atoms with E-state index in [9.17, 15) is 13.6 Å². The van der Waals surface area contributed by atoms with Gasteiger partial charge in [-0.1, -0.05) is 6.58 Å². The van der Waals surface area contributed by atoms with Gasteiger partial charge in [-0.15, -0.1) is 0 Å². The number of ether oxygens (including phenoxy) is 1. The number of hydrogen-bond donors (Lipinski definition) is 2. The first-order chi connectivity index (χ1) is 11.2. The molecule has 0 saturated carbocycles. The van der Waals surface area contributed by atoms with Crippen LogP contribution in [-0.4, -0.2) is 58.1 Å². The summed E-state index contributed by atoms with van der Waals surface area (Å²) in [6.45, 7) is 4.08. The van der Waals surface area contributed by atoms with Crippen LogP contribution in [0.4, 0.5) is 25.8 Å². The molecule has 0 aromatic heterocycles. The second kappa shape index (κ2) is 9.07. The zero-order chi connectivity index (χ0) is 18.3. The standard InChI is InChI=1S/C16H24F2N4O2/c1-5-16(23)20-12-8-11(19)14(24-10-15(17)18)9-13(12)22(4)7-6-21(2)3/h5,8-9,15H,1,6-7,10,19H2,2-4H3,(H,20,23). The highest BCUT2D eigenvalue weighted by atomic mass is 19.3. The number of alkyl halides is 2. The van der Waals surface area contributed by atoms with E-state index in [2.05, 4.69) is 11.9 Å². The third kappa shape index (κ3) is 6.04. The summed E-state index contributed by atoms with van der Waals surface area (Å²) in [4.78, 5) is 15.5. The average molecular weight is 342 g/mol. The molecule has 3 N–H and O–H groups in total. The Balaban J connectivity index is 3.13. The zero-order valence-electron chi connectivity index (χ0n) is 14.2. The fourth-order valence-corrected chi connectivity index (χ4v) is 1.93. The van der Waals surface area contributed by atoms with Crippen LogP contribution < -0.4 is 20.7 Å². The Labute approximate surface area is 140 Å². The molecule has 1 amide bonds. The first kappa shape index (κ1) is 19.7. The van der Waals surface area contributed by atoms with Crippen LogP contribution in [0.1, 0.15) is 0 Å². The molecule has 0 radical (unpaired) electrons. The maximum absolute atomic E-state index is 12.4. The van der Waals surface area contributed by atoms with Gasteiger partial charge >= 0.3 is 0 Å². The van der Waals surface area contributed by atoms with Gasteiger partial charge in [0.1, 0.15) is 12.4 Å². The second-order valence-electron chi connectivity index (χ2n) is 5.53. The van der Waals surface area contributed by atoms with E-state index in [1.54, 1.807) is 6.07 Å². The van der Waals surface area contributed by atoms with Crippen LogP contribution in [-0.2, 0) is 4.79 Å². The number of halogens is 2. The van der Waals surface area contributed by atoms with E-state index in [1.165, 1.54) is 6.07 Å². The highest BCUT2D eigenvalue weighted by Gasteiger charge is 2.15. The smallest absolute Gasteiger partial charge is 0.272 e. The molecule has 0 fully saturated rings. The lowest BCUT2D eigenvalue weighted by atomic mass is 10.2. The molecule has 134 valence electrons. The molecule has 0 saturated heterocycles. The lowest BCUT2D eigenvalue weighted by Crippen LogP contribution is -2.29. The van der Waals surface area contributed by atoms with Crippen LogP contribution in [0.2, 0.25) is 0 Å². The van der Waals surface area contributed by atoms with Gasteiger partial charge in [-0.2, -0.15) is 0 Å². The highest BCUT2D eigenvalue weighted by molar-refractivity contribution is 6.02. The molecule has 0 atom stereocenters. The number of nitrogen functional groups attached to an aromatic ring is 1. The number of carbonyl (C=O) groups is 1. The van der Waals surface area contributed by atoms with E-state index >= 15 is 0 Å². The minimum absolute atomic E-state index is 0.151. The zero-order valence-corrected chi connectivity index (χ0v) is 14.2. The van der Waals surface area contributed by atoms with E-state index in [0.717, 1.165) is 12.6 Å². The van der Waals surface area contributed by atoms with Crippen LogP contribution in [0.5, 0.6) is 5.75 Å². The van der Waals surface area contributed by atoms with Gasteiger partial charge in [0.2, 0.25) is 5.91 Å². The van der Waals surface area contributed by atoms with E-state index in [0.29, 0.717) is 17.9 Å². The number of nitrogens with two attached hydrogens (primary N) is 1. The van der Waals surface area contributed by atoms with Gasteiger partial charge in [-0.25, -0.2) is 8.78 Å². The molecule has 0 bridgehead atoms. The number of likely N-dealkylation sites (N-methyl/N-ethyl adjacent to an activating group) is 2. The van der Waals surface area contributed by atoms with Crippen molar-refractivity contribution in [3.05, 3.63) is 24.8 Å². The lowest BCUT2D eigenvalue weighted by Gasteiger charge is -2.25. The van der Waals surface area contributed by atoms with Crippen molar-refractivity contribution in [3.63, 3.8) is 0 Å². The Morgan fingerprint density at radius 3 is 2.58 bits per heavy atom. The fraction of sp³-hybridized carbons (Fsp3) is 0.438. The highest BCUT2D eigenvalue weighted by Crippen LogP contribution is 2.35. The van der Waals surface area contributed by atoms with Crippen molar-refractivity contribution < 1.29 is 18.3 Å². The number of rotatable bonds is 9. The van der Waals surface area contributed by atoms with Crippen molar-refractivity contribution in [2.24, 2.45) is 0 Å². The molecule has 1 aromatic rings.